The van der Waals surface area contributed by atoms with E-state index in [0.717, 1.165) is 0 Å². The van der Waals surface area contributed by atoms with Crippen molar-refractivity contribution >= 4 is 17.5 Å². The molecular formula is C19H26FN3O2. The molecule has 0 aliphatic carbocycles. The lowest BCUT2D eigenvalue weighted by atomic mass is 9.94. The van der Waals surface area contributed by atoms with Gasteiger partial charge >= 0.3 is 0 Å². The molecule has 0 bridgehead atoms. The second-order valence-electron chi connectivity index (χ2n) is 7.82. The first-order valence-electron chi connectivity index (χ1n) is 8.88. The van der Waals surface area contributed by atoms with Crippen molar-refractivity contribution in [1.82, 2.24) is 9.80 Å². The molecule has 0 N–H and O–H groups in total. The predicted octanol–water partition coefficient (Wildman–Crippen LogP) is 2.12. The fourth-order valence-electron chi connectivity index (χ4n) is 3.62. The minimum Gasteiger partial charge on any atom is -0.340 e. The van der Waals surface area contributed by atoms with E-state index in [1.165, 1.54) is 6.07 Å². The summed E-state index contributed by atoms with van der Waals surface area (Å²) < 4.78 is 14.0. The first-order valence-corrected chi connectivity index (χ1v) is 8.88. The quantitative estimate of drug-likeness (QED) is 0.823. The maximum Gasteiger partial charge on any atom is 0.244 e. The summed E-state index contributed by atoms with van der Waals surface area (Å²) in [6.45, 7) is 8.95. The molecule has 1 aromatic carbocycles. The molecule has 136 valence electrons. The highest BCUT2D eigenvalue weighted by Crippen LogP contribution is 2.27. The average molecular weight is 347 g/mol. The second-order valence-corrected chi connectivity index (χ2v) is 7.82. The van der Waals surface area contributed by atoms with Gasteiger partial charge in [-0.25, -0.2) is 4.39 Å². The molecule has 0 spiro atoms. The molecule has 3 rings (SSSR count). The molecule has 5 nitrogen and oxygen atoms in total. The van der Waals surface area contributed by atoms with Gasteiger partial charge in [-0.1, -0.05) is 32.9 Å². The molecule has 1 atom stereocenters. The van der Waals surface area contributed by atoms with Crippen molar-refractivity contribution in [2.24, 2.45) is 5.41 Å². The molecule has 2 aliphatic heterocycles. The van der Waals surface area contributed by atoms with Gasteiger partial charge in [-0.15, -0.1) is 0 Å². The van der Waals surface area contributed by atoms with Crippen molar-refractivity contribution in [3.05, 3.63) is 30.1 Å². The highest BCUT2D eigenvalue weighted by molar-refractivity contribution is 5.99. The molecular weight excluding hydrogens is 321 g/mol. The summed E-state index contributed by atoms with van der Waals surface area (Å²) in [5.41, 5.74) is -0.0240. The summed E-state index contributed by atoms with van der Waals surface area (Å²) in [6.07, 6.45) is 0.695. The maximum absolute atomic E-state index is 14.0. The zero-order valence-electron chi connectivity index (χ0n) is 15.2. The molecule has 25 heavy (non-hydrogen) atoms. The predicted molar refractivity (Wildman–Crippen MR) is 94.8 cm³/mol. The summed E-state index contributed by atoms with van der Waals surface area (Å²) in [6, 6.07) is 6.19. The third kappa shape index (κ3) is 3.54. The van der Waals surface area contributed by atoms with Gasteiger partial charge in [-0.05, 0) is 18.6 Å². The van der Waals surface area contributed by atoms with E-state index in [4.69, 9.17) is 0 Å². The average Bonchev–Trinajstić information content (AvgIpc) is 2.95. The van der Waals surface area contributed by atoms with Gasteiger partial charge in [0.1, 0.15) is 5.82 Å². The summed E-state index contributed by atoms with van der Waals surface area (Å²) in [5, 5.41) is 0. The van der Waals surface area contributed by atoms with Crippen LogP contribution in [-0.4, -0.2) is 60.4 Å². The van der Waals surface area contributed by atoms with Crippen LogP contribution in [0.1, 0.15) is 27.2 Å². The summed E-state index contributed by atoms with van der Waals surface area (Å²) >= 11 is 0. The number of hydrogen-bond acceptors (Lipinski definition) is 3. The molecule has 0 radical (unpaired) electrons. The van der Waals surface area contributed by atoms with Crippen LogP contribution in [0, 0.1) is 11.2 Å². The van der Waals surface area contributed by atoms with Crippen LogP contribution >= 0.6 is 0 Å². The Morgan fingerprint density at radius 2 is 1.72 bits per heavy atom. The first kappa shape index (κ1) is 17.9. The van der Waals surface area contributed by atoms with Gasteiger partial charge in [0, 0.05) is 38.1 Å². The summed E-state index contributed by atoms with van der Waals surface area (Å²) in [4.78, 5) is 30.7. The molecule has 6 heteroatoms. The van der Waals surface area contributed by atoms with Gasteiger partial charge in [0.2, 0.25) is 11.8 Å². The normalized spacial score (nSPS) is 22.6. The molecule has 1 aromatic rings. The topological polar surface area (TPSA) is 43.9 Å². The Kier molecular flexibility index (Phi) is 4.82. The van der Waals surface area contributed by atoms with Crippen molar-refractivity contribution in [1.29, 1.82) is 0 Å². The number of piperazine rings is 1. The lowest BCUT2D eigenvalue weighted by Crippen LogP contribution is -2.55. The van der Waals surface area contributed by atoms with Crippen molar-refractivity contribution in [3.8, 4) is 0 Å². The number of hydrogen-bond donors (Lipinski definition) is 0. The van der Waals surface area contributed by atoms with Crippen LogP contribution in [0.3, 0.4) is 0 Å². The molecule has 2 amide bonds. The van der Waals surface area contributed by atoms with Crippen LogP contribution in [0.4, 0.5) is 10.1 Å². The Morgan fingerprint density at radius 1 is 1.08 bits per heavy atom. The van der Waals surface area contributed by atoms with E-state index in [1.54, 1.807) is 23.1 Å². The van der Waals surface area contributed by atoms with Gasteiger partial charge in [-0.3, -0.25) is 14.5 Å². The summed E-state index contributed by atoms with van der Waals surface area (Å²) in [5.74, 6) is -0.254. The number of carbonyl (C=O) groups is 2. The van der Waals surface area contributed by atoms with Crippen molar-refractivity contribution in [2.45, 2.75) is 33.2 Å². The monoisotopic (exact) mass is 347 g/mol. The molecule has 2 fully saturated rings. The highest BCUT2D eigenvalue weighted by Gasteiger charge is 2.39. The van der Waals surface area contributed by atoms with E-state index >= 15 is 0 Å². The number of nitrogens with zero attached hydrogens (tertiary/aromatic N) is 3. The molecule has 2 saturated heterocycles. The van der Waals surface area contributed by atoms with E-state index < -0.39 is 0 Å². The third-order valence-electron chi connectivity index (χ3n) is 5.00. The van der Waals surface area contributed by atoms with Crippen LogP contribution < -0.4 is 4.90 Å². The standard InChI is InChI=1S/C19H26FN3O2/c1-19(2,3)18(25)22-12-10-21(11-13-22)16-8-9-23(17(16)24)15-7-5-4-6-14(15)20/h4-7,16H,8-13H2,1-3H3/t16-/m1/s1. The van der Waals surface area contributed by atoms with E-state index in [1.807, 2.05) is 25.7 Å². The summed E-state index contributed by atoms with van der Waals surface area (Å²) in [7, 11) is 0. The lowest BCUT2D eigenvalue weighted by molar-refractivity contribution is -0.141. The smallest absolute Gasteiger partial charge is 0.244 e. The number of benzene rings is 1. The molecule has 2 aliphatic rings. The third-order valence-corrected chi connectivity index (χ3v) is 5.00. The lowest BCUT2D eigenvalue weighted by Gasteiger charge is -2.39. The van der Waals surface area contributed by atoms with Crippen molar-refractivity contribution in [2.75, 3.05) is 37.6 Å². The number of carbonyl (C=O) groups excluding carboxylic acids is 2. The van der Waals surface area contributed by atoms with Gasteiger partial charge in [-0.2, -0.15) is 0 Å². The SMILES string of the molecule is CC(C)(C)C(=O)N1CCN([C@@H]2CCN(c3ccccc3F)C2=O)CC1. The van der Waals surface area contributed by atoms with Gasteiger partial charge < -0.3 is 9.80 Å². The Morgan fingerprint density at radius 3 is 2.32 bits per heavy atom. The molecule has 0 saturated carbocycles. The number of amides is 2. The fourth-order valence-corrected chi connectivity index (χ4v) is 3.62. The fraction of sp³-hybridized carbons (Fsp3) is 0.579. The number of halogens is 1. The highest BCUT2D eigenvalue weighted by atomic mass is 19.1. The minimum atomic E-state index is -0.382. The zero-order valence-corrected chi connectivity index (χ0v) is 15.2. The molecule has 0 aromatic heterocycles. The van der Waals surface area contributed by atoms with Crippen LogP contribution in [0.2, 0.25) is 0 Å². The van der Waals surface area contributed by atoms with Crippen LogP contribution in [0.15, 0.2) is 24.3 Å². The molecule has 2 heterocycles. The van der Waals surface area contributed by atoms with E-state index in [2.05, 4.69) is 4.90 Å². The number of anilines is 1. The number of para-hydroxylation sites is 1. The van der Waals surface area contributed by atoms with Crippen LogP contribution in [0.5, 0.6) is 0 Å². The Bertz CT molecular complexity index is 663. The van der Waals surface area contributed by atoms with Crippen molar-refractivity contribution < 1.29 is 14.0 Å². The van der Waals surface area contributed by atoms with Gasteiger partial charge in [0.05, 0.1) is 11.7 Å². The van der Waals surface area contributed by atoms with Crippen LogP contribution in [0.25, 0.3) is 0 Å². The Labute approximate surface area is 148 Å². The maximum atomic E-state index is 14.0. The van der Waals surface area contributed by atoms with Gasteiger partial charge in [0.25, 0.3) is 0 Å². The second kappa shape index (κ2) is 6.75. The van der Waals surface area contributed by atoms with Gasteiger partial charge in [0.15, 0.2) is 0 Å². The van der Waals surface area contributed by atoms with E-state index in [9.17, 15) is 14.0 Å². The number of rotatable bonds is 2. The largest absolute Gasteiger partial charge is 0.340 e. The van der Waals surface area contributed by atoms with E-state index in [-0.39, 0.29) is 29.1 Å². The molecule has 0 unspecified atom stereocenters. The zero-order chi connectivity index (χ0) is 18.2. The van der Waals surface area contributed by atoms with Crippen molar-refractivity contribution in [3.63, 3.8) is 0 Å². The minimum absolute atomic E-state index is 0.0410. The van der Waals surface area contributed by atoms with E-state index in [0.29, 0.717) is 44.8 Å². The Hall–Kier alpha value is -1.95. The van der Waals surface area contributed by atoms with Crippen LogP contribution in [-0.2, 0) is 9.59 Å². The Balaban J connectivity index is 1.63. The first-order chi connectivity index (χ1) is 11.8.